The highest BCUT2D eigenvalue weighted by atomic mass is 16.4. The molecule has 4 rings (SSSR count). The summed E-state index contributed by atoms with van der Waals surface area (Å²) < 4.78 is 0. The Balaban J connectivity index is 2.07. The number of benzene rings is 1. The minimum absolute atomic E-state index is 0.0679. The van der Waals surface area contributed by atoms with E-state index in [0.29, 0.717) is 5.56 Å². The van der Waals surface area contributed by atoms with Crippen molar-refractivity contribution in [2.75, 3.05) is 19.8 Å². The second-order valence-corrected chi connectivity index (χ2v) is 9.02. The summed E-state index contributed by atoms with van der Waals surface area (Å²) in [4.78, 5) is 40.0. The molecule has 0 radical (unpaired) electrons. The number of carbonyl (C=O) groups excluding carboxylic acids is 3. The van der Waals surface area contributed by atoms with Gasteiger partial charge in [0, 0.05) is 11.5 Å². The maximum absolute atomic E-state index is 13.7. The number of nitrogen functional groups attached to an aromatic ring is 1. The van der Waals surface area contributed by atoms with Crippen molar-refractivity contribution in [1.82, 2.24) is 4.90 Å². The number of ketones is 2. The summed E-state index contributed by atoms with van der Waals surface area (Å²) in [6, 6.07) is 1.57. The highest BCUT2D eigenvalue weighted by Crippen LogP contribution is 2.56. The molecule has 3 aliphatic carbocycles. The van der Waals surface area contributed by atoms with E-state index in [2.05, 4.69) is 0 Å². The molecule has 1 amide bonds. The van der Waals surface area contributed by atoms with E-state index >= 15 is 0 Å². The Morgan fingerprint density at radius 3 is 2.30 bits per heavy atom. The molecule has 0 heterocycles. The van der Waals surface area contributed by atoms with Crippen LogP contribution in [0.2, 0.25) is 0 Å². The van der Waals surface area contributed by atoms with Gasteiger partial charge in [-0.3, -0.25) is 19.3 Å². The zero-order chi connectivity index (χ0) is 24.7. The molecule has 1 fully saturated rings. The molecule has 1 aromatic rings. The fourth-order valence-electron chi connectivity index (χ4n) is 5.63. The number of carbonyl (C=O) groups is 3. The Kier molecular flexibility index (Phi) is 4.86. The van der Waals surface area contributed by atoms with Crippen molar-refractivity contribution in [2.24, 2.45) is 17.6 Å². The summed E-state index contributed by atoms with van der Waals surface area (Å²) in [7, 11) is 2.90. The maximum Gasteiger partial charge on any atom is 0.255 e. The third-order valence-electron chi connectivity index (χ3n) is 7.16. The topological polar surface area (TPSA) is 208 Å². The zero-order valence-electron chi connectivity index (χ0n) is 18.1. The lowest BCUT2D eigenvalue weighted by Crippen LogP contribution is -2.70. The minimum Gasteiger partial charge on any atom is -0.508 e. The quantitative estimate of drug-likeness (QED) is 0.164. The molecule has 1 aromatic carbocycles. The van der Waals surface area contributed by atoms with Gasteiger partial charge in [-0.05, 0) is 31.6 Å². The number of hydrogen-bond acceptors (Lipinski definition) is 10. The van der Waals surface area contributed by atoms with Crippen molar-refractivity contribution in [3.05, 3.63) is 40.2 Å². The van der Waals surface area contributed by atoms with E-state index in [1.165, 1.54) is 31.1 Å². The lowest BCUT2D eigenvalue weighted by atomic mass is 9.54. The van der Waals surface area contributed by atoms with Crippen LogP contribution in [0.25, 0.3) is 5.76 Å². The lowest BCUT2D eigenvalue weighted by molar-refractivity contribution is -0.169. The highest BCUT2D eigenvalue weighted by molar-refractivity contribution is 6.24. The fraction of sp³-hybridized carbons (Fsp3) is 0.409. The standard InChI is InChI=1S/C22H25N3O8/c1-6-7-4-5-8(23)15(26)10(7)16(27)11-9(6)17(28)13-14(25(2)3)18(29)12(21(24)32)20(31)22(13,33)19(11)30/h4-6,9,13-14,17,26-28,31,33H,23H2,1-3H3,(H2,24,32)/t6?,9?,13?,14-,17?,22-/m0/s1. The maximum atomic E-state index is 13.7. The van der Waals surface area contributed by atoms with Crippen molar-refractivity contribution in [3.8, 4) is 5.75 Å². The van der Waals surface area contributed by atoms with Crippen LogP contribution in [0.4, 0.5) is 5.69 Å². The molecule has 9 N–H and O–H groups in total. The SMILES string of the molecule is CC1c2ccc(N)c(O)c2C(O)=C2C(=O)[C@]3(O)C(O)=C(C(N)=O)C(=O)[C@@H](N(C)C)C3C(O)C21. The minimum atomic E-state index is -2.93. The lowest BCUT2D eigenvalue weighted by Gasteiger charge is -2.53. The first kappa shape index (κ1) is 22.8. The number of aliphatic hydroxyl groups excluding tert-OH is 3. The van der Waals surface area contributed by atoms with Crippen molar-refractivity contribution in [2.45, 2.75) is 30.6 Å². The van der Waals surface area contributed by atoms with E-state index in [0.717, 1.165) is 0 Å². The third-order valence-corrected chi connectivity index (χ3v) is 7.16. The molecule has 4 unspecified atom stereocenters. The monoisotopic (exact) mass is 459 g/mol. The van der Waals surface area contributed by atoms with E-state index in [1.54, 1.807) is 6.92 Å². The number of aliphatic hydroxyl groups is 4. The van der Waals surface area contributed by atoms with Gasteiger partial charge >= 0.3 is 0 Å². The van der Waals surface area contributed by atoms with Gasteiger partial charge in [-0.25, -0.2) is 0 Å². The Labute approximate surface area is 188 Å². The number of likely N-dealkylation sites (N-methyl/N-ethyl adjacent to an activating group) is 1. The van der Waals surface area contributed by atoms with Crippen LogP contribution in [-0.4, -0.2) is 79.7 Å². The van der Waals surface area contributed by atoms with Gasteiger partial charge in [-0.2, -0.15) is 0 Å². The number of anilines is 1. The molecular weight excluding hydrogens is 434 g/mol. The molecule has 11 nitrogen and oxygen atoms in total. The number of aromatic hydroxyl groups is 1. The average Bonchev–Trinajstić information content (AvgIpc) is 2.72. The molecule has 11 heteroatoms. The molecule has 0 spiro atoms. The van der Waals surface area contributed by atoms with Gasteiger partial charge in [-0.15, -0.1) is 0 Å². The first-order valence-corrected chi connectivity index (χ1v) is 10.2. The molecule has 0 aromatic heterocycles. The van der Waals surface area contributed by atoms with Crippen LogP contribution in [0.15, 0.2) is 29.0 Å². The van der Waals surface area contributed by atoms with Crippen molar-refractivity contribution in [3.63, 3.8) is 0 Å². The van der Waals surface area contributed by atoms with E-state index in [4.69, 9.17) is 11.5 Å². The molecule has 33 heavy (non-hydrogen) atoms. The molecule has 3 aliphatic rings. The van der Waals surface area contributed by atoms with Gasteiger partial charge in [0.25, 0.3) is 5.91 Å². The predicted octanol–water partition coefficient (Wildman–Crippen LogP) is -0.922. The summed E-state index contributed by atoms with van der Waals surface area (Å²) in [5, 5.41) is 55.2. The van der Waals surface area contributed by atoms with Crippen LogP contribution in [-0.2, 0) is 14.4 Å². The number of nitrogens with two attached hydrogens (primary N) is 2. The van der Waals surface area contributed by atoms with Crippen LogP contribution >= 0.6 is 0 Å². The van der Waals surface area contributed by atoms with Crippen molar-refractivity contribution in [1.29, 1.82) is 0 Å². The van der Waals surface area contributed by atoms with Gasteiger partial charge in [0.15, 0.2) is 11.4 Å². The number of phenols is 1. The van der Waals surface area contributed by atoms with Crippen LogP contribution in [0.3, 0.4) is 0 Å². The van der Waals surface area contributed by atoms with Gasteiger partial charge in [0.2, 0.25) is 5.78 Å². The van der Waals surface area contributed by atoms with Gasteiger partial charge in [0.1, 0.15) is 22.8 Å². The van der Waals surface area contributed by atoms with Gasteiger partial charge < -0.3 is 37.0 Å². The predicted molar refractivity (Wildman–Crippen MR) is 115 cm³/mol. The molecule has 0 bridgehead atoms. The average molecular weight is 459 g/mol. The normalized spacial score (nSPS) is 33.7. The van der Waals surface area contributed by atoms with E-state index in [9.17, 15) is 39.9 Å². The summed E-state index contributed by atoms with van der Waals surface area (Å²) in [6.07, 6.45) is -1.62. The summed E-state index contributed by atoms with van der Waals surface area (Å²) >= 11 is 0. The Morgan fingerprint density at radius 1 is 1.15 bits per heavy atom. The molecular formula is C22H25N3O8. The van der Waals surface area contributed by atoms with Crippen molar-refractivity contribution < 1.29 is 39.9 Å². The molecule has 6 atom stereocenters. The van der Waals surface area contributed by atoms with E-state index in [-0.39, 0.29) is 11.3 Å². The molecule has 0 aliphatic heterocycles. The second kappa shape index (κ2) is 7.04. The Hall–Kier alpha value is -3.41. The van der Waals surface area contributed by atoms with Crippen LogP contribution in [0.1, 0.15) is 24.0 Å². The van der Waals surface area contributed by atoms with Crippen LogP contribution in [0, 0.1) is 11.8 Å². The summed E-state index contributed by atoms with van der Waals surface area (Å²) in [5.74, 6) is -9.34. The number of hydrogen-bond donors (Lipinski definition) is 7. The van der Waals surface area contributed by atoms with Gasteiger partial charge in [-0.1, -0.05) is 13.0 Å². The number of fused-ring (bicyclic) bond motifs is 3. The van der Waals surface area contributed by atoms with Gasteiger partial charge in [0.05, 0.1) is 29.3 Å². The number of Topliss-reactive ketones (excluding diaryl/α,β-unsaturated/α-hetero) is 2. The Bertz CT molecular complexity index is 1190. The van der Waals surface area contributed by atoms with E-state index < -0.39 is 81.4 Å². The largest absolute Gasteiger partial charge is 0.508 e. The molecule has 176 valence electrons. The van der Waals surface area contributed by atoms with Crippen LogP contribution < -0.4 is 11.5 Å². The Morgan fingerprint density at radius 2 is 1.76 bits per heavy atom. The van der Waals surface area contributed by atoms with E-state index in [1.807, 2.05) is 0 Å². The third kappa shape index (κ3) is 2.63. The zero-order valence-corrected chi connectivity index (χ0v) is 18.1. The molecule has 0 saturated heterocycles. The number of rotatable bonds is 2. The first-order valence-electron chi connectivity index (χ1n) is 10.2. The smallest absolute Gasteiger partial charge is 0.255 e. The first-order chi connectivity index (χ1) is 15.3. The number of amides is 1. The van der Waals surface area contributed by atoms with Crippen LogP contribution in [0.5, 0.6) is 5.75 Å². The summed E-state index contributed by atoms with van der Waals surface area (Å²) in [6.45, 7) is 1.65. The molecule has 1 saturated carbocycles. The van der Waals surface area contributed by atoms with Crippen molar-refractivity contribution >= 4 is 28.9 Å². The number of primary amides is 1. The second-order valence-electron chi connectivity index (χ2n) is 9.02. The number of phenolic OH excluding ortho intramolecular Hbond substituents is 1. The fourth-order valence-corrected chi connectivity index (χ4v) is 5.63. The summed E-state index contributed by atoms with van der Waals surface area (Å²) in [5.41, 5.74) is 6.86. The number of nitrogens with zero attached hydrogens (tertiary/aromatic N) is 1. The highest BCUT2D eigenvalue weighted by Gasteiger charge is 2.68.